The highest BCUT2D eigenvalue weighted by molar-refractivity contribution is 5.00. The van der Waals surface area contributed by atoms with E-state index in [1.54, 1.807) is 0 Å². The zero-order valence-corrected chi connectivity index (χ0v) is 14.2. The average Bonchev–Trinajstić information content (AvgIpc) is 2.89. The lowest BCUT2D eigenvalue weighted by Crippen LogP contribution is -2.37. The van der Waals surface area contributed by atoms with Crippen molar-refractivity contribution < 1.29 is 0 Å². The van der Waals surface area contributed by atoms with Gasteiger partial charge in [-0.05, 0) is 64.7 Å². The van der Waals surface area contributed by atoms with Crippen molar-refractivity contribution in [2.45, 2.75) is 53.1 Å². The molecule has 1 fully saturated rings. The van der Waals surface area contributed by atoms with Crippen LogP contribution in [0.25, 0.3) is 0 Å². The fourth-order valence-electron chi connectivity index (χ4n) is 3.07. The first-order valence-corrected chi connectivity index (χ1v) is 8.50. The Morgan fingerprint density at radius 1 is 1.24 bits per heavy atom. The summed E-state index contributed by atoms with van der Waals surface area (Å²) in [5.41, 5.74) is 1.35. The van der Waals surface area contributed by atoms with Crippen LogP contribution >= 0.6 is 0 Å². The summed E-state index contributed by atoms with van der Waals surface area (Å²) >= 11 is 0. The molecule has 0 unspecified atom stereocenters. The summed E-state index contributed by atoms with van der Waals surface area (Å²) in [6.07, 6.45) is 6.63. The van der Waals surface area contributed by atoms with Gasteiger partial charge in [-0.15, -0.1) is 0 Å². The van der Waals surface area contributed by atoms with Crippen LogP contribution in [0.2, 0.25) is 0 Å². The van der Waals surface area contributed by atoms with Crippen molar-refractivity contribution in [2.75, 3.05) is 26.2 Å². The lowest BCUT2D eigenvalue weighted by molar-refractivity contribution is 0.171. The Hall–Kier alpha value is -0.870. The number of likely N-dealkylation sites (tertiary alicyclic amines) is 1. The van der Waals surface area contributed by atoms with Gasteiger partial charge in [0.2, 0.25) is 0 Å². The van der Waals surface area contributed by atoms with Crippen LogP contribution in [0.1, 0.15) is 52.3 Å². The minimum atomic E-state index is 0.500. The molecule has 4 heteroatoms. The van der Waals surface area contributed by atoms with Gasteiger partial charge in [0.05, 0.1) is 12.0 Å². The molecule has 0 spiro atoms. The molecule has 1 aromatic heterocycles. The second-order valence-electron chi connectivity index (χ2n) is 7.16. The van der Waals surface area contributed by atoms with Crippen LogP contribution in [0.4, 0.5) is 0 Å². The van der Waals surface area contributed by atoms with E-state index >= 15 is 0 Å². The smallest absolute Gasteiger partial charge is 0.0951 e. The van der Waals surface area contributed by atoms with Gasteiger partial charge in [0.1, 0.15) is 0 Å². The third-order valence-corrected chi connectivity index (χ3v) is 4.38. The predicted octanol–water partition coefficient (Wildman–Crippen LogP) is 2.92. The van der Waals surface area contributed by atoms with E-state index in [0.717, 1.165) is 24.9 Å². The maximum atomic E-state index is 4.31. The van der Waals surface area contributed by atoms with Gasteiger partial charge in [-0.1, -0.05) is 13.8 Å². The maximum absolute atomic E-state index is 4.31. The van der Waals surface area contributed by atoms with Crippen LogP contribution in [-0.4, -0.2) is 40.6 Å². The van der Waals surface area contributed by atoms with Crippen molar-refractivity contribution in [3.8, 4) is 0 Å². The van der Waals surface area contributed by atoms with Crippen LogP contribution in [0.5, 0.6) is 0 Å². The molecule has 1 aliphatic heterocycles. The normalized spacial score (nSPS) is 18.0. The molecule has 0 radical (unpaired) electrons. The molecule has 1 aromatic rings. The minimum Gasteiger partial charge on any atom is -0.331 e. The topological polar surface area (TPSA) is 33.1 Å². The SMILES string of the molecule is CC(C)CNCC1CCN(Cc2cncn2C(C)C)CC1. The molecular formula is C17H32N4. The van der Waals surface area contributed by atoms with Gasteiger partial charge < -0.3 is 9.88 Å². The Morgan fingerprint density at radius 2 is 1.95 bits per heavy atom. The third-order valence-electron chi connectivity index (χ3n) is 4.38. The molecule has 0 amide bonds. The van der Waals surface area contributed by atoms with Crippen LogP contribution in [0.15, 0.2) is 12.5 Å². The van der Waals surface area contributed by atoms with Crippen LogP contribution in [0, 0.1) is 11.8 Å². The Labute approximate surface area is 129 Å². The molecule has 4 nitrogen and oxygen atoms in total. The highest BCUT2D eigenvalue weighted by Crippen LogP contribution is 2.19. The van der Waals surface area contributed by atoms with E-state index in [-0.39, 0.29) is 0 Å². The third kappa shape index (κ3) is 5.11. The second-order valence-corrected chi connectivity index (χ2v) is 7.16. The number of hydrogen-bond donors (Lipinski definition) is 1. The van der Waals surface area contributed by atoms with Crippen molar-refractivity contribution >= 4 is 0 Å². The molecule has 0 aliphatic carbocycles. The van der Waals surface area contributed by atoms with Gasteiger partial charge in [0.25, 0.3) is 0 Å². The molecular weight excluding hydrogens is 260 g/mol. The lowest BCUT2D eigenvalue weighted by atomic mass is 9.96. The molecule has 0 atom stereocenters. The van der Waals surface area contributed by atoms with Gasteiger partial charge >= 0.3 is 0 Å². The van der Waals surface area contributed by atoms with Crippen molar-refractivity contribution in [1.29, 1.82) is 0 Å². The quantitative estimate of drug-likeness (QED) is 0.839. The van der Waals surface area contributed by atoms with Crippen molar-refractivity contribution in [1.82, 2.24) is 19.8 Å². The molecule has 0 saturated carbocycles. The predicted molar refractivity (Wildman–Crippen MR) is 88.3 cm³/mol. The first-order valence-electron chi connectivity index (χ1n) is 8.50. The van der Waals surface area contributed by atoms with Gasteiger partial charge in [0, 0.05) is 18.8 Å². The Bertz CT molecular complexity index is 403. The second kappa shape index (κ2) is 7.95. The van der Waals surface area contributed by atoms with E-state index in [0.29, 0.717) is 6.04 Å². The molecule has 1 aliphatic rings. The monoisotopic (exact) mass is 292 g/mol. The molecule has 0 bridgehead atoms. The van der Waals surface area contributed by atoms with Crippen molar-refractivity contribution in [2.24, 2.45) is 11.8 Å². The highest BCUT2D eigenvalue weighted by Gasteiger charge is 2.20. The molecule has 1 N–H and O–H groups in total. The van der Waals surface area contributed by atoms with E-state index in [2.05, 4.69) is 47.5 Å². The zero-order chi connectivity index (χ0) is 15.2. The molecule has 120 valence electrons. The maximum Gasteiger partial charge on any atom is 0.0951 e. The molecule has 2 rings (SSSR count). The van der Waals surface area contributed by atoms with E-state index in [9.17, 15) is 0 Å². The van der Waals surface area contributed by atoms with Crippen LogP contribution in [-0.2, 0) is 6.54 Å². The van der Waals surface area contributed by atoms with Crippen LogP contribution in [0.3, 0.4) is 0 Å². The van der Waals surface area contributed by atoms with Gasteiger partial charge in [0.15, 0.2) is 0 Å². The van der Waals surface area contributed by atoms with Gasteiger partial charge in [-0.25, -0.2) is 4.98 Å². The van der Waals surface area contributed by atoms with Crippen molar-refractivity contribution in [3.63, 3.8) is 0 Å². The fourth-order valence-corrected chi connectivity index (χ4v) is 3.07. The molecule has 2 heterocycles. The highest BCUT2D eigenvalue weighted by atomic mass is 15.2. The number of hydrogen-bond acceptors (Lipinski definition) is 3. The first-order chi connectivity index (χ1) is 10.1. The van der Waals surface area contributed by atoms with E-state index in [4.69, 9.17) is 0 Å². The minimum absolute atomic E-state index is 0.500. The summed E-state index contributed by atoms with van der Waals surface area (Å²) in [5, 5.41) is 3.61. The summed E-state index contributed by atoms with van der Waals surface area (Å²) in [6.45, 7) is 14.8. The lowest BCUT2D eigenvalue weighted by Gasteiger charge is -2.32. The first kappa shape index (κ1) is 16.5. The van der Waals surface area contributed by atoms with Crippen molar-refractivity contribution in [3.05, 3.63) is 18.2 Å². The number of piperidine rings is 1. The van der Waals surface area contributed by atoms with E-state index in [1.165, 1.54) is 38.2 Å². The number of nitrogens with one attached hydrogen (secondary N) is 1. The standard InChI is InChI=1S/C17H32N4/c1-14(2)9-18-10-16-5-7-20(8-6-16)12-17-11-19-13-21(17)15(3)4/h11,13-16,18H,5-10,12H2,1-4H3. The summed E-state index contributed by atoms with van der Waals surface area (Å²) in [4.78, 5) is 6.89. The number of imidazole rings is 1. The van der Waals surface area contributed by atoms with E-state index < -0.39 is 0 Å². The Kier molecular flexibility index (Phi) is 6.24. The van der Waals surface area contributed by atoms with Crippen LogP contribution < -0.4 is 5.32 Å². The largest absolute Gasteiger partial charge is 0.331 e. The Morgan fingerprint density at radius 3 is 2.57 bits per heavy atom. The molecule has 21 heavy (non-hydrogen) atoms. The summed E-state index contributed by atoms with van der Waals surface area (Å²) in [7, 11) is 0. The average molecular weight is 292 g/mol. The molecule has 0 aromatic carbocycles. The van der Waals surface area contributed by atoms with E-state index in [1.807, 2.05) is 12.5 Å². The summed E-state index contributed by atoms with van der Waals surface area (Å²) in [5.74, 6) is 1.61. The number of rotatable bonds is 7. The fraction of sp³-hybridized carbons (Fsp3) is 0.824. The van der Waals surface area contributed by atoms with Gasteiger partial charge in [-0.3, -0.25) is 4.90 Å². The summed E-state index contributed by atoms with van der Waals surface area (Å²) in [6, 6.07) is 0.500. The number of aromatic nitrogens is 2. The molecule has 1 saturated heterocycles. The zero-order valence-electron chi connectivity index (χ0n) is 14.2. The van der Waals surface area contributed by atoms with Gasteiger partial charge in [-0.2, -0.15) is 0 Å². The Balaban J connectivity index is 1.73. The summed E-state index contributed by atoms with van der Waals surface area (Å²) < 4.78 is 2.29. The number of nitrogens with zero attached hydrogens (tertiary/aromatic N) is 3.